The van der Waals surface area contributed by atoms with Gasteiger partial charge in [0.2, 0.25) is 0 Å². The lowest BCUT2D eigenvalue weighted by Crippen LogP contribution is -2.63. The summed E-state index contributed by atoms with van der Waals surface area (Å²) in [5, 5.41) is 0. The number of carbonyl (C=O) groups is 4. The fourth-order valence-electron chi connectivity index (χ4n) is 2.95. The SMILES string of the molecule is CC(=O)OCC1O[C@@H](OCCOCCOCCN)C(OC(C)=O)C(OC(C)=O)[C@H]1OC(C)=O. The molecular weight excluding hydrogens is 446 g/mol. The molecule has 5 atom stereocenters. The van der Waals surface area contributed by atoms with Gasteiger partial charge in [-0.1, -0.05) is 0 Å². The topological polar surface area (TPSA) is 168 Å². The number of ether oxygens (including phenoxy) is 8. The third kappa shape index (κ3) is 11.4. The van der Waals surface area contributed by atoms with Gasteiger partial charge in [0.15, 0.2) is 24.6 Å². The number of nitrogens with two attached hydrogens (primary N) is 1. The molecule has 190 valence electrons. The second kappa shape index (κ2) is 15.5. The van der Waals surface area contributed by atoms with E-state index in [4.69, 9.17) is 43.6 Å². The van der Waals surface area contributed by atoms with Crippen molar-refractivity contribution in [1.82, 2.24) is 0 Å². The molecule has 1 fully saturated rings. The van der Waals surface area contributed by atoms with Crippen molar-refractivity contribution in [3.05, 3.63) is 0 Å². The minimum Gasteiger partial charge on any atom is -0.463 e. The maximum absolute atomic E-state index is 11.8. The fourth-order valence-corrected chi connectivity index (χ4v) is 2.95. The van der Waals surface area contributed by atoms with E-state index in [0.29, 0.717) is 26.4 Å². The van der Waals surface area contributed by atoms with Crippen molar-refractivity contribution in [3.63, 3.8) is 0 Å². The van der Waals surface area contributed by atoms with E-state index in [0.717, 1.165) is 20.8 Å². The highest BCUT2D eigenvalue weighted by Crippen LogP contribution is 2.29. The Morgan fingerprint density at radius 1 is 0.697 bits per heavy atom. The summed E-state index contributed by atoms with van der Waals surface area (Å²) in [6, 6.07) is 0. The highest BCUT2D eigenvalue weighted by Gasteiger charge is 2.52. The van der Waals surface area contributed by atoms with Crippen molar-refractivity contribution in [3.8, 4) is 0 Å². The molecule has 0 bridgehead atoms. The van der Waals surface area contributed by atoms with E-state index in [9.17, 15) is 19.2 Å². The lowest BCUT2D eigenvalue weighted by molar-refractivity contribution is -0.309. The van der Waals surface area contributed by atoms with Crippen molar-refractivity contribution in [1.29, 1.82) is 0 Å². The Balaban J connectivity index is 2.95. The van der Waals surface area contributed by atoms with Gasteiger partial charge in [0.1, 0.15) is 12.7 Å². The molecule has 1 rings (SSSR count). The monoisotopic (exact) mass is 479 g/mol. The van der Waals surface area contributed by atoms with Crippen LogP contribution in [-0.2, 0) is 57.1 Å². The van der Waals surface area contributed by atoms with Crippen LogP contribution in [0.15, 0.2) is 0 Å². The van der Waals surface area contributed by atoms with Crippen LogP contribution < -0.4 is 5.73 Å². The molecule has 1 heterocycles. The summed E-state index contributed by atoms with van der Waals surface area (Å²) in [6.07, 6.45) is -6.07. The zero-order chi connectivity index (χ0) is 24.8. The maximum Gasteiger partial charge on any atom is 0.303 e. The molecule has 0 aromatic heterocycles. The van der Waals surface area contributed by atoms with Gasteiger partial charge in [-0.05, 0) is 0 Å². The second-order valence-electron chi connectivity index (χ2n) is 6.95. The molecule has 0 aliphatic carbocycles. The molecule has 13 heteroatoms. The van der Waals surface area contributed by atoms with Crippen LogP contribution in [0.2, 0.25) is 0 Å². The van der Waals surface area contributed by atoms with Gasteiger partial charge in [-0.2, -0.15) is 0 Å². The van der Waals surface area contributed by atoms with Crippen LogP contribution >= 0.6 is 0 Å². The standard InChI is InChI=1S/C20H33NO12/c1-12(22)29-11-16-17(30-13(2)23)18(31-14(3)24)19(32-15(4)25)20(33-16)28-10-9-27-8-7-26-6-5-21/h16-20H,5-11,21H2,1-4H3/t16?,17-,18?,19?,20+/m0/s1. The van der Waals surface area contributed by atoms with Crippen LogP contribution in [0.1, 0.15) is 27.7 Å². The third-order valence-corrected chi connectivity index (χ3v) is 4.09. The predicted molar refractivity (Wildman–Crippen MR) is 109 cm³/mol. The van der Waals surface area contributed by atoms with Crippen molar-refractivity contribution >= 4 is 23.9 Å². The minimum atomic E-state index is -1.28. The maximum atomic E-state index is 11.8. The molecule has 1 aliphatic rings. The van der Waals surface area contributed by atoms with E-state index in [1.54, 1.807) is 0 Å². The van der Waals surface area contributed by atoms with Crippen LogP contribution in [0.3, 0.4) is 0 Å². The quantitative estimate of drug-likeness (QED) is 0.185. The van der Waals surface area contributed by atoms with Crippen LogP contribution in [0.5, 0.6) is 0 Å². The van der Waals surface area contributed by atoms with Crippen LogP contribution in [0.25, 0.3) is 0 Å². The summed E-state index contributed by atoms with van der Waals surface area (Å²) in [4.78, 5) is 46.4. The summed E-state index contributed by atoms with van der Waals surface area (Å²) >= 11 is 0. The molecular formula is C20H33NO12. The number of hydrogen-bond donors (Lipinski definition) is 1. The van der Waals surface area contributed by atoms with Gasteiger partial charge < -0.3 is 43.6 Å². The Bertz CT molecular complexity index is 643. The first-order valence-electron chi connectivity index (χ1n) is 10.4. The zero-order valence-corrected chi connectivity index (χ0v) is 19.3. The van der Waals surface area contributed by atoms with Crippen LogP contribution in [-0.4, -0.2) is 101 Å². The van der Waals surface area contributed by atoms with Gasteiger partial charge in [-0.15, -0.1) is 0 Å². The average molecular weight is 479 g/mol. The van der Waals surface area contributed by atoms with Crippen molar-refractivity contribution in [2.24, 2.45) is 5.73 Å². The molecule has 1 saturated heterocycles. The number of hydrogen-bond acceptors (Lipinski definition) is 13. The number of rotatable bonds is 14. The highest BCUT2D eigenvalue weighted by atomic mass is 16.7. The normalized spacial score (nSPS) is 24.6. The summed E-state index contributed by atoms with van der Waals surface area (Å²) < 4.78 is 42.9. The van der Waals surface area contributed by atoms with Crippen LogP contribution in [0.4, 0.5) is 0 Å². The predicted octanol–water partition coefficient (Wildman–Crippen LogP) is -0.922. The number of esters is 4. The highest BCUT2D eigenvalue weighted by molar-refractivity contribution is 5.68. The Hall–Kier alpha value is -2.32. The Morgan fingerprint density at radius 3 is 1.76 bits per heavy atom. The van der Waals surface area contributed by atoms with Crippen molar-refractivity contribution in [2.75, 3.05) is 46.2 Å². The molecule has 1 aliphatic heterocycles. The van der Waals surface area contributed by atoms with Crippen molar-refractivity contribution in [2.45, 2.75) is 58.4 Å². The first-order chi connectivity index (χ1) is 15.6. The molecule has 0 saturated carbocycles. The minimum absolute atomic E-state index is 0.0185. The molecule has 2 N–H and O–H groups in total. The van der Waals surface area contributed by atoms with E-state index >= 15 is 0 Å². The summed E-state index contributed by atoms with van der Waals surface area (Å²) in [7, 11) is 0. The molecule has 0 amide bonds. The Kier molecular flexibility index (Phi) is 13.5. The van der Waals surface area contributed by atoms with E-state index in [-0.39, 0.29) is 19.8 Å². The first-order valence-corrected chi connectivity index (χ1v) is 10.4. The van der Waals surface area contributed by atoms with Crippen LogP contribution in [0, 0.1) is 0 Å². The van der Waals surface area contributed by atoms with Gasteiger partial charge >= 0.3 is 23.9 Å². The molecule has 33 heavy (non-hydrogen) atoms. The molecule has 0 aromatic rings. The lowest BCUT2D eigenvalue weighted by atomic mass is 9.98. The Labute approximate surface area is 192 Å². The third-order valence-electron chi connectivity index (χ3n) is 4.09. The average Bonchev–Trinajstić information content (AvgIpc) is 2.71. The van der Waals surface area contributed by atoms with Gasteiger partial charge in [0.05, 0.1) is 33.0 Å². The summed E-state index contributed by atoms with van der Waals surface area (Å²) in [6.45, 7) is 5.97. The molecule has 0 aromatic carbocycles. The first kappa shape index (κ1) is 28.7. The van der Waals surface area contributed by atoms with Gasteiger partial charge in [-0.3, -0.25) is 19.2 Å². The molecule has 13 nitrogen and oxygen atoms in total. The van der Waals surface area contributed by atoms with Crippen molar-refractivity contribution < 1.29 is 57.1 Å². The zero-order valence-electron chi connectivity index (χ0n) is 19.3. The molecule has 0 spiro atoms. The van der Waals surface area contributed by atoms with Gasteiger partial charge in [0.25, 0.3) is 0 Å². The van der Waals surface area contributed by atoms with E-state index in [1.807, 2.05) is 0 Å². The fraction of sp³-hybridized carbons (Fsp3) is 0.800. The second-order valence-corrected chi connectivity index (χ2v) is 6.95. The summed E-state index contributed by atoms with van der Waals surface area (Å²) in [5.74, 6) is -2.74. The van der Waals surface area contributed by atoms with Gasteiger partial charge in [-0.25, -0.2) is 0 Å². The molecule has 0 radical (unpaired) electrons. The molecule has 3 unspecified atom stereocenters. The van der Waals surface area contributed by atoms with E-state index < -0.39 is 54.6 Å². The lowest BCUT2D eigenvalue weighted by Gasteiger charge is -2.44. The van der Waals surface area contributed by atoms with E-state index in [2.05, 4.69) is 0 Å². The number of carbonyl (C=O) groups excluding carboxylic acids is 4. The van der Waals surface area contributed by atoms with E-state index in [1.165, 1.54) is 6.92 Å². The largest absolute Gasteiger partial charge is 0.463 e. The summed E-state index contributed by atoms with van der Waals surface area (Å²) in [5.41, 5.74) is 5.33. The van der Waals surface area contributed by atoms with Gasteiger partial charge in [0, 0.05) is 34.2 Å². The smallest absolute Gasteiger partial charge is 0.303 e. The Morgan fingerprint density at radius 2 is 1.21 bits per heavy atom.